The van der Waals surface area contributed by atoms with Gasteiger partial charge < -0.3 is 19.1 Å². The second-order valence-electron chi connectivity index (χ2n) is 5.77. The van der Waals surface area contributed by atoms with Gasteiger partial charge in [-0.05, 0) is 39.0 Å². The van der Waals surface area contributed by atoms with Gasteiger partial charge in [-0.25, -0.2) is 0 Å². The number of amides is 1. The van der Waals surface area contributed by atoms with Crippen LogP contribution in [-0.4, -0.2) is 55.6 Å². The first-order valence-corrected chi connectivity index (χ1v) is 7.65. The zero-order valence-corrected chi connectivity index (χ0v) is 14.0. The van der Waals surface area contributed by atoms with Gasteiger partial charge in [0.15, 0.2) is 23.9 Å². The van der Waals surface area contributed by atoms with E-state index in [4.69, 9.17) is 14.2 Å². The molecule has 126 valence electrons. The SMILES string of the molecule is COc1cc(C(C)=O)ccc1OCC(=O)N1C[C@@H](C)O[C@H](C)C1. The van der Waals surface area contributed by atoms with Gasteiger partial charge in [0.1, 0.15) is 0 Å². The van der Waals surface area contributed by atoms with Crippen LogP contribution in [0.2, 0.25) is 0 Å². The number of hydrogen-bond donors (Lipinski definition) is 0. The van der Waals surface area contributed by atoms with Crippen molar-refractivity contribution in [3.05, 3.63) is 23.8 Å². The number of nitrogens with zero attached hydrogens (tertiary/aromatic N) is 1. The van der Waals surface area contributed by atoms with E-state index in [1.165, 1.54) is 14.0 Å². The quantitative estimate of drug-likeness (QED) is 0.775. The zero-order chi connectivity index (χ0) is 17.0. The minimum absolute atomic E-state index is 0.0205. The predicted octanol–water partition coefficient (Wildman–Crippen LogP) is 1.91. The van der Waals surface area contributed by atoms with Crippen LogP contribution < -0.4 is 9.47 Å². The van der Waals surface area contributed by atoms with Crippen LogP contribution in [0.1, 0.15) is 31.1 Å². The van der Waals surface area contributed by atoms with Gasteiger partial charge in [-0.15, -0.1) is 0 Å². The average molecular weight is 321 g/mol. The van der Waals surface area contributed by atoms with Gasteiger partial charge in [0.05, 0.1) is 19.3 Å². The molecule has 6 nitrogen and oxygen atoms in total. The molecule has 1 heterocycles. The highest BCUT2D eigenvalue weighted by molar-refractivity contribution is 5.94. The van der Waals surface area contributed by atoms with E-state index in [0.29, 0.717) is 30.2 Å². The highest BCUT2D eigenvalue weighted by Gasteiger charge is 2.26. The molecule has 23 heavy (non-hydrogen) atoms. The molecular weight excluding hydrogens is 298 g/mol. The number of ketones is 1. The normalized spacial score (nSPS) is 21.0. The minimum atomic E-state index is -0.0929. The molecule has 2 rings (SSSR count). The number of Topliss-reactive ketones (excluding diaryl/α,β-unsaturated/α-hetero) is 1. The van der Waals surface area contributed by atoms with E-state index in [1.807, 2.05) is 13.8 Å². The summed E-state index contributed by atoms with van der Waals surface area (Å²) in [6, 6.07) is 4.91. The lowest BCUT2D eigenvalue weighted by Gasteiger charge is -2.35. The van der Waals surface area contributed by atoms with Crippen molar-refractivity contribution in [1.29, 1.82) is 0 Å². The van der Waals surface area contributed by atoms with Gasteiger partial charge >= 0.3 is 0 Å². The lowest BCUT2D eigenvalue weighted by atomic mass is 10.1. The van der Waals surface area contributed by atoms with E-state index in [9.17, 15) is 9.59 Å². The van der Waals surface area contributed by atoms with E-state index in [0.717, 1.165) is 0 Å². The topological polar surface area (TPSA) is 65.1 Å². The summed E-state index contributed by atoms with van der Waals surface area (Å²) in [5, 5.41) is 0. The molecule has 0 aromatic heterocycles. The minimum Gasteiger partial charge on any atom is -0.493 e. The van der Waals surface area contributed by atoms with E-state index < -0.39 is 0 Å². The molecule has 0 bridgehead atoms. The Kier molecular flexibility index (Phi) is 5.60. The third-order valence-corrected chi connectivity index (χ3v) is 3.69. The maximum absolute atomic E-state index is 12.3. The lowest BCUT2D eigenvalue weighted by molar-refractivity contribution is -0.145. The molecule has 1 saturated heterocycles. The zero-order valence-electron chi connectivity index (χ0n) is 14.0. The van der Waals surface area contributed by atoms with Crippen molar-refractivity contribution < 1.29 is 23.8 Å². The van der Waals surface area contributed by atoms with Crippen molar-refractivity contribution in [2.24, 2.45) is 0 Å². The fraction of sp³-hybridized carbons (Fsp3) is 0.529. The third kappa shape index (κ3) is 4.45. The smallest absolute Gasteiger partial charge is 0.260 e. The number of morpholine rings is 1. The highest BCUT2D eigenvalue weighted by Crippen LogP contribution is 2.28. The van der Waals surface area contributed by atoms with Crippen LogP contribution >= 0.6 is 0 Å². The number of carbonyl (C=O) groups excluding carboxylic acids is 2. The number of methoxy groups -OCH3 is 1. The fourth-order valence-corrected chi connectivity index (χ4v) is 2.62. The van der Waals surface area contributed by atoms with Crippen LogP contribution in [0, 0.1) is 0 Å². The van der Waals surface area contributed by atoms with Crippen molar-refractivity contribution in [3.8, 4) is 11.5 Å². The fourth-order valence-electron chi connectivity index (χ4n) is 2.62. The number of benzene rings is 1. The number of ether oxygens (including phenoxy) is 3. The van der Waals surface area contributed by atoms with Crippen molar-refractivity contribution in [3.63, 3.8) is 0 Å². The Balaban J connectivity index is 2.00. The Hall–Kier alpha value is -2.08. The Bertz CT molecular complexity index is 576. The van der Waals surface area contributed by atoms with Gasteiger partial charge in [0, 0.05) is 18.7 Å². The average Bonchev–Trinajstić information content (AvgIpc) is 2.51. The molecule has 1 amide bonds. The van der Waals surface area contributed by atoms with E-state index in [1.54, 1.807) is 23.1 Å². The second-order valence-corrected chi connectivity index (χ2v) is 5.77. The first-order valence-electron chi connectivity index (χ1n) is 7.65. The van der Waals surface area contributed by atoms with E-state index in [2.05, 4.69) is 0 Å². The highest BCUT2D eigenvalue weighted by atomic mass is 16.5. The van der Waals surface area contributed by atoms with Crippen molar-refractivity contribution in [2.75, 3.05) is 26.8 Å². The molecule has 1 aliphatic heterocycles. The molecule has 0 saturated carbocycles. The molecular formula is C17H23NO5. The summed E-state index contributed by atoms with van der Waals surface area (Å²) >= 11 is 0. The van der Waals surface area contributed by atoms with Crippen LogP contribution in [0.4, 0.5) is 0 Å². The van der Waals surface area contributed by atoms with Crippen LogP contribution in [0.3, 0.4) is 0 Å². The molecule has 1 aromatic carbocycles. The summed E-state index contributed by atoms with van der Waals surface area (Å²) in [5.74, 6) is 0.737. The third-order valence-electron chi connectivity index (χ3n) is 3.69. The van der Waals surface area contributed by atoms with Crippen LogP contribution in [0.5, 0.6) is 11.5 Å². The molecule has 0 aliphatic carbocycles. The second kappa shape index (κ2) is 7.46. The molecule has 1 fully saturated rings. The number of carbonyl (C=O) groups is 2. The summed E-state index contributed by atoms with van der Waals surface area (Å²) in [6.07, 6.45) is 0.0409. The first-order chi connectivity index (χ1) is 10.9. The van der Waals surface area contributed by atoms with Gasteiger partial charge in [-0.3, -0.25) is 9.59 Å². The maximum atomic E-state index is 12.3. The van der Waals surface area contributed by atoms with Crippen molar-refractivity contribution >= 4 is 11.7 Å². The Morgan fingerprint density at radius 1 is 1.22 bits per heavy atom. The summed E-state index contributed by atoms with van der Waals surface area (Å²) < 4.78 is 16.4. The summed E-state index contributed by atoms with van der Waals surface area (Å²) in [5.41, 5.74) is 0.538. The monoisotopic (exact) mass is 321 g/mol. The molecule has 0 unspecified atom stereocenters. The first kappa shape index (κ1) is 17.3. The van der Waals surface area contributed by atoms with Gasteiger partial charge in [0.25, 0.3) is 5.91 Å². The molecule has 2 atom stereocenters. The summed E-state index contributed by atoms with van der Waals surface area (Å²) in [7, 11) is 1.50. The van der Waals surface area contributed by atoms with Gasteiger partial charge in [-0.2, -0.15) is 0 Å². The molecule has 6 heteroatoms. The maximum Gasteiger partial charge on any atom is 0.260 e. The number of hydrogen-bond acceptors (Lipinski definition) is 5. The Morgan fingerprint density at radius 2 is 1.87 bits per heavy atom. The van der Waals surface area contributed by atoms with Crippen molar-refractivity contribution in [2.45, 2.75) is 33.0 Å². The van der Waals surface area contributed by atoms with Crippen LogP contribution in [-0.2, 0) is 9.53 Å². The van der Waals surface area contributed by atoms with Crippen LogP contribution in [0.15, 0.2) is 18.2 Å². The van der Waals surface area contributed by atoms with Crippen LogP contribution in [0.25, 0.3) is 0 Å². The molecule has 0 N–H and O–H groups in total. The number of rotatable bonds is 5. The van der Waals surface area contributed by atoms with Gasteiger partial charge in [-0.1, -0.05) is 0 Å². The van der Waals surface area contributed by atoms with E-state index >= 15 is 0 Å². The molecule has 0 radical (unpaired) electrons. The standard InChI is InChI=1S/C17H23NO5/c1-11-8-18(9-12(2)23-11)17(20)10-22-15-6-5-14(13(3)19)7-16(15)21-4/h5-7,11-12H,8-10H2,1-4H3/t11-,12-/m1/s1. The molecule has 1 aliphatic rings. The summed E-state index contributed by atoms with van der Waals surface area (Å²) in [6.45, 7) is 6.43. The lowest BCUT2D eigenvalue weighted by Crippen LogP contribution is -2.49. The van der Waals surface area contributed by atoms with Gasteiger partial charge in [0.2, 0.25) is 0 Å². The largest absolute Gasteiger partial charge is 0.493 e. The Labute approximate surface area is 136 Å². The van der Waals surface area contributed by atoms with E-state index in [-0.39, 0.29) is 30.5 Å². The Morgan fingerprint density at radius 3 is 2.43 bits per heavy atom. The molecule has 1 aromatic rings. The molecule has 0 spiro atoms. The summed E-state index contributed by atoms with van der Waals surface area (Å²) in [4.78, 5) is 25.4. The predicted molar refractivity (Wildman–Crippen MR) is 85.1 cm³/mol. The van der Waals surface area contributed by atoms with Crippen molar-refractivity contribution in [1.82, 2.24) is 4.90 Å².